The van der Waals surface area contributed by atoms with Gasteiger partial charge in [-0.25, -0.2) is 4.39 Å². The molecule has 0 spiro atoms. The molecule has 1 atom stereocenters. The summed E-state index contributed by atoms with van der Waals surface area (Å²) < 4.78 is 16.2. The molecule has 0 amide bonds. The molecule has 0 heterocycles. The Kier molecular flexibility index (Phi) is 3.27. The Morgan fingerprint density at radius 3 is 1.50 bits per heavy atom. The lowest BCUT2D eigenvalue weighted by molar-refractivity contribution is -0.161. The highest BCUT2D eigenvalue weighted by atomic mass is 19.1. The molecule has 0 N–H and O–H groups in total. The van der Waals surface area contributed by atoms with Crippen LogP contribution in [0, 0.1) is 46.3 Å². The van der Waals surface area contributed by atoms with Crippen LogP contribution >= 0.6 is 0 Å². The van der Waals surface area contributed by atoms with E-state index in [0.717, 1.165) is 54.8 Å². The molecular weight excluding hydrogens is 323 g/mol. The van der Waals surface area contributed by atoms with E-state index in [1.165, 1.54) is 57.8 Å². The summed E-state index contributed by atoms with van der Waals surface area (Å²) in [5.41, 5.74) is -1.70. The Morgan fingerprint density at radius 1 is 0.769 bits per heavy atom. The van der Waals surface area contributed by atoms with Crippen LogP contribution in [0.1, 0.15) is 90.4 Å². The monoisotopic (exact) mass is 358 g/mol. The van der Waals surface area contributed by atoms with E-state index in [-0.39, 0.29) is 16.6 Å². The zero-order valence-corrected chi connectivity index (χ0v) is 16.4. The van der Waals surface area contributed by atoms with E-state index in [1.54, 1.807) is 6.92 Å². The summed E-state index contributed by atoms with van der Waals surface area (Å²) in [4.78, 5) is 13.7. The molecule has 8 saturated carbocycles. The third-order valence-corrected chi connectivity index (χ3v) is 9.87. The topological polar surface area (TPSA) is 17.1 Å². The minimum absolute atomic E-state index is 0.0415. The first-order valence-corrected chi connectivity index (χ1v) is 11.6. The van der Waals surface area contributed by atoms with Crippen LogP contribution < -0.4 is 0 Å². The van der Waals surface area contributed by atoms with Crippen LogP contribution in [0.4, 0.5) is 4.39 Å². The second-order valence-corrected chi connectivity index (χ2v) is 12.3. The molecule has 8 aliphatic rings. The maximum absolute atomic E-state index is 16.2. The molecule has 144 valence electrons. The highest BCUT2D eigenvalue weighted by Gasteiger charge is 2.61. The summed E-state index contributed by atoms with van der Waals surface area (Å²) in [6.45, 7) is 1.69. The summed E-state index contributed by atoms with van der Waals surface area (Å²) in [5, 5.41) is 0. The molecule has 0 radical (unpaired) electrons. The predicted molar refractivity (Wildman–Crippen MR) is 100 cm³/mol. The molecule has 26 heavy (non-hydrogen) atoms. The first-order valence-electron chi connectivity index (χ1n) is 11.6. The zero-order chi connectivity index (χ0) is 17.7. The number of Topliss-reactive ketones (excluding diaryl/α,β-unsaturated/α-hetero) is 1. The highest BCUT2D eigenvalue weighted by Crippen LogP contribution is 2.65. The third kappa shape index (κ3) is 2.35. The van der Waals surface area contributed by atoms with Crippen molar-refractivity contribution in [3.63, 3.8) is 0 Å². The number of hydrogen-bond donors (Lipinski definition) is 0. The van der Waals surface area contributed by atoms with Crippen LogP contribution in [0.5, 0.6) is 0 Å². The van der Waals surface area contributed by atoms with E-state index in [0.29, 0.717) is 6.42 Å². The van der Waals surface area contributed by atoms with Crippen molar-refractivity contribution in [3.05, 3.63) is 0 Å². The Morgan fingerprint density at radius 2 is 1.12 bits per heavy atom. The predicted octanol–water partition coefficient (Wildman–Crippen LogP) is 6.11. The van der Waals surface area contributed by atoms with Crippen LogP contribution in [0.25, 0.3) is 0 Å². The van der Waals surface area contributed by atoms with Gasteiger partial charge in [-0.1, -0.05) is 0 Å². The van der Waals surface area contributed by atoms with Crippen molar-refractivity contribution in [1.29, 1.82) is 0 Å². The van der Waals surface area contributed by atoms with Crippen molar-refractivity contribution < 1.29 is 9.18 Å². The van der Waals surface area contributed by atoms with E-state index in [2.05, 4.69) is 0 Å². The molecular formula is C24H35FO. The van der Waals surface area contributed by atoms with Gasteiger partial charge in [0, 0.05) is 5.41 Å². The minimum atomic E-state index is -1.59. The summed E-state index contributed by atoms with van der Waals surface area (Å²) in [6, 6.07) is 0. The van der Waals surface area contributed by atoms with Gasteiger partial charge in [0.2, 0.25) is 0 Å². The molecule has 0 aliphatic heterocycles. The molecule has 0 aromatic rings. The number of carbonyl (C=O) groups excluding carboxylic acids is 1. The average Bonchev–Trinajstić information content (AvgIpc) is 2.50. The van der Waals surface area contributed by atoms with Crippen molar-refractivity contribution >= 4 is 5.78 Å². The molecule has 1 nitrogen and oxygen atoms in total. The number of hydrogen-bond acceptors (Lipinski definition) is 1. The van der Waals surface area contributed by atoms with Gasteiger partial charge in [-0.2, -0.15) is 0 Å². The van der Waals surface area contributed by atoms with Gasteiger partial charge in [-0.3, -0.25) is 4.79 Å². The summed E-state index contributed by atoms with van der Waals surface area (Å²) in [6.07, 6.45) is 15.4. The van der Waals surface area contributed by atoms with Gasteiger partial charge in [-0.05, 0) is 131 Å². The molecule has 1 unspecified atom stereocenters. The lowest BCUT2D eigenvalue weighted by atomic mass is 9.45. The van der Waals surface area contributed by atoms with Gasteiger partial charge in [0.05, 0.1) is 0 Å². The van der Waals surface area contributed by atoms with Gasteiger partial charge in [-0.15, -0.1) is 0 Å². The largest absolute Gasteiger partial charge is 0.295 e. The fourth-order valence-corrected chi connectivity index (χ4v) is 10.2. The van der Waals surface area contributed by atoms with Crippen LogP contribution in [0.2, 0.25) is 0 Å². The number of ketones is 1. The van der Waals surface area contributed by atoms with E-state index in [9.17, 15) is 4.79 Å². The van der Waals surface area contributed by atoms with E-state index in [4.69, 9.17) is 0 Å². The summed E-state index contributed by atoms with van der Waals surface area (Å²) in [5.74, 6) is 4.73. The Bertz CT molecular complexity index is 562. The first-order chi connectivity index (χ1) is 12.3. The van der Waals surface area contributed by atoms with Crippen LogP contribution in [0.3, 0.4) is 0 Å². The van der Waals surface area contributed by atoms with E-state index < -0.39 is 5.67 Å². The minimum Gasteiger partial charge on any atom is -0.295 e. The summed E-state index contributed by atoms with van der Waals surface area (Å²) >= 11 is 0. The Labute approximate surface area is 157 Å². The van der Waals surface area contributed by atoms with Gasteiger partial charge in [0.1, 0.15) is 0 Å². The molecule has 8 fully saturated rings. The molecule has 8 rings (SSSR count). The number of carbonyl (C=O) groups is 1. The standard InChI is InChI=1S/C24H35FO/c1-22(25,14-23-8-15-2-16(9-23)4-17(3-15)10-23)21(26)24-11-18-5-19(12-24)7-20(6-18)13-24/h15-20H,2-14H2,1H3. The lowest BCUT2D eigenvalue weighted by Crippen LogP contribution is -2.57. The van der Waals surface area contributed by atoms with Crippen molar-refractivity contribution in [1.82, 2.24) is 0 Å². The van der Waals surface area contributed by atoms with Gasteiger partial charge < -0.3 is 0 Å². The van der Waals surface area contributed by atoms with Crippen molar-refractivity contribution in [2.24, 2.45) is 46.3 Å². The number of halogens is 1. The molecule has 0 aromatic heterocycles. The van der Waals surface area contributed by atoms with Crippen LogP contribution in [-0.4, -0.2) is 11.5 Å². The Balaban J connectivity index is 1.26. The maximum Gasteiger partial charge on any atom is 0.175 e. The molecule has 0 saturated heterocycles. The maximum atomic E-state index is 16.2. The second-order valence-electron chi connectivity index (χ2n) is 12.3. The molecule has 8 aliphatic carbocycles. The lowest BCUT2D eigenvalue weighted by Gasteiger charge is -2.59. The highest BCUT2D eigenvalue weighted by molar-refractivity contribution is 5.92. The first kappa shape index (κ1) is 16.5. The number of alkyl halides is 1. The van der Waals surface area contributed by atoms with E-state index in [1.807, 2.05) is 0 Å². The van der Waals surface area contributed by atoms with Gasteiger partial charge in [0.25, 0.3) is 0 Å². The van der Waals surface area contributed by atoms with Crippen LogP contribution in [0.15, 0.2) is 0 Å². The molecule has 2 heteroatoms. The normalized spacial score (nSPS) is 55.9. The number of rotatable bonds is 4. The van der Waals surface area contributed by atoms with E-state index >= 15 is 4.39 Å². The van der Waals surface area contributed by atoms with Crippen LogP contribution in [-0.2, 0) is 4.79 Å². The Hall–Kier alpha value is -0.400. The fraction of sp³-hybridized carbons (Fsp3) is 0.958. The smallest absolute Gasteiger partial charge is 0.175 e. The molecule has 0 aromatic carbocycles. The third-order valence-electron chi connectivity index (χ3n) is 9.87. The summed E-state index contributed by atoms with van der Waals surface area (Å²) in [7, 11) is 0. The zero-order valence-electron chi connectivity index (χ0n) is 16.4. The fourth-order valence-electron chi connectivity index (χ4n) is 10.2. The van der Waals surface area contributed by atoms with Gasteiger partial charge >= 0.3 is 0 Å². The quantitative estimate of drug-likeness (QED) is 0.593. The SMILES string of the molecule is CC(F)(CC12CC3CC(CC(C3)C1)C2)C(=O)C12CC3CC(CC(C3)C1)C2. The van der Waals surface area contributed by atoms with Crippen molar-refractivity contribution in [2.75, 3.05) is 0 Å². The van der Waals surface area contributed by atoms with Crippen molar-refractivity contribution in [2.45, 2.75) is 96.1 Å². The average molecular weight is 359 g/mol. The molecule has 8 bridgehead atoms. The van der Waals surface area contributed by atoms with Gasteiger partial charge in [0.15, 0.2) is 11.5 Å². The van der Waals surface area contributed by atoms with Crippen molar-refractivity contribution in [3.8, 4) is 0 Å². The second kappa shape index (κ2) is 5.15.